The zero-order valence-corrected chi connectivity index (χ0v) is 20.7. The van der Waals surface area contributed by atoms with E-state index >= 15 is 0 Å². The normalized spacial score (nSPS) is 17.9. The first-order valence-corrected chi connectivity index (χ1v) is 12.5. The Balaban J connectivity index is 1.38. The first-order valence-electron chi connectivity index (χ1n) is 12.5. The summed E-state index contributed by atoms with van der Waals surface area (Å²) in [6.07, 6.45) is 0.160. The Morgan fingerprint density at radius 2 is 1.32 bits per heavy atom. The van der Waals surface area contributed by atoms with Crippen LogP contribution in [0.2, 0.25) is 0 Å². The molecule has 0 amide bonds. The Kier molecular flexibility index (Phi) is 8.53. The van der Waals surface area contributed by atoms with Gasteiger partial charge in [-0.15, -0.1) is 0 Å². The lowest BCUT2D eigenvalue weighted by Crippen LogP contribution is -2.37. The van der Waals surface area contributed by atoms with Crippen LogP contribution in [0.4, 0.5) is 30.7 Å². The molecule has 0 radical (unpaired) electrons. The SMILES string of the molecule is CCCC1CCC(C(F)(F)Oc2ccc(OCc3ccc(-c4cc(F)c(F)c(F)c4)cc3)c(F)c2F)CC1. The minimum Gasteiger partial charge on any atom is -0.486 e. The zero-order valence-electron chi connectivity index (χ0n) is 20.7. The Labute approximate surface area is 216 Å². The van der Waals surface area contributed by atoms with Crippen LogP contribution in [0.15, 0.2) is 48.5 Å². The van der Waals surface area contributed by atoms with Crippen molar-refractivity contribution in [1.82, 2.24) is 0 Å². The fourth-order valence-electron chi connectivity index (χ4n) is 4.81. The third kappa shape index (κ3) is 6.25. The predicted octanol–water partition coefficient (Wildman–Crippen LogP) is 9.21. The molecule has 1 fully saturated rings. The number of hydrogen-bond acceptors (Lipinski definition) is 2. The van der Waals surface area contributed by atoms with Crippen LogP contribution in [0.3, 0.4) is 0 Å². The van der Waals surface area contributed by atoms with Gasteiger partial charge in [0.05, 0.1) is 5.92 Å². The first-order chi connectivity index (χ1) is 18.1. The molecule has 4 rings (SSSR count). The van der Waals surface area contributed by atoms with Crippen molar-refractivity contribution in [2.75, 3.05) is 0 Å². The third-order valence-corrected chi connectivity index (χ3v) is 6.94. The molecule has 0 heterocycles. The van der Waals surface area contributed by atoms with Gasteiger partial charge < -0.3 is 9.47 Å². The standard InChI is InChI=1S/C29H27F7O2/c1-2-3-17-6-10-21(11-7-17)29(35,36)38-25-13-12-24(27(33)28(25)34)37-16-18-4-8-19(9-5-18)20-14-22(30)26(32)23(31)15-20/h4-5,8-9,12-15,17,21H,2-3,6-7,10-11,16H2,1H3. The Morgan fingerprint density at radius 3 is 1.92 bits per heavy atom. The van der Waals surface area contributed by atoms with E-state index in [1.165, 1.54) is 24.3 Å². The Bertz CT molecular complexity index is 1230. The molecule has 0 saturated heterocycles. The van der Waals surface area contributed by atoms with Crippen LogP contribution in [-0.4, -0.2) is 6.11 Å². The minimum absolute atomic E-state index is 0.114. The summed E-state index contributed by atoms with van der Waals surface area (Å²) in [4.78, 5) is 0. The molecule has 1 aliphatic rings. The van der Waals surface area contributed by atoms with E-state index in [4.69, 9.17) is 4.74 Å². The lowest BCUT2D eigenvalue weighted by Gasteiger charge is -2.33. The number of rotatable bonds is 9. The second-order valence-electron chi connectivity index (χ2n) is 9.60. The molecule has 0 atom stereocenters. The summed E-state index contributed by atoms with van der Waals surface area (Å²) in [6, 6.07) is 9.67. The van der Waals surface area contributed by atoms with Crippen molar-refractivity contribution >= 4 is 0 Å². The van der Waals surface area contributed by atoms with E-state index in [1.807, 2.05) is 6.92 Å². The maximum absolute atomic E-state index is 14.7. The molecule has 38 heavy (non-hydrogen) atoms. The summed E-state index contributed by atoms with van der Waals surface area (Å²) in [7, 11) is 0. The Morgan fingerprint density at radius 1 is 0.737 bits per heavy atom. The van der Waals surface area contributed by atoms with Gasteiger partial charge in [0.25, 0.3) is 0 Å². The molecule has 0 bridgehead atoms. The van der Waals surface area contributed by atoms with Crippen molar-refractivity contribution in [3.05, 3.63) is 83.2 Å². The molecule has 3 aromatic carbocycles. The van der Waals surface area contributed by atoms with Crippen LogP contribution < -0.4 is 9.47 Å². The molecule has 204 valence electrons. The van der Waals surface area contributed by atoms with Crippen molar-refractivity contribution in [1.29, 1.82) is 0 Å². The minimum atomic E-state index is -3.63. The zero-order chi connectivity index (χ0) is 27.4. The van der Waals surface area contributed by atoms with E-state index in [9.17, 15) is 30.7 Å². The first kappa shape index (κ1) is 27.8. The van der Waals surface area contributed by atoms with Crippen molar-refractivity contribution < 1.29 is 40.2 Å². The average Bonchev–Trinajstić information content (AvgIpc) is 2.90. The second-order valence-corrected chi connectivity index (χ2v) is 9.60. The lowest BCUT2D eigenvalue weighted by atomic mass is 9.79. The number of alkyl halides is 2. The van der Waals surface area contributed by atoms with Crippen LogP contribution >= 0.6 is 0 Å². The van der Waals surface area contributed by atoms with Crippen LogP contribution in [0, 0.1) is 40.9 Å². The quantitative estimate of drug-likeness (QED) is 0.199. The lowest BCUT2D eigenvalue weighted by molar-refractivity contribution is -0.224. The van der Waals surface area contributed by atoms with Gasteiger partial charge in [0.2, 0.25) is 11.6 Å². The summed E-state index contributed by atoms with van der Waals surface area (Å²) < 4.78 is 109. The van der Waals surface area contributed by atoms with Crippen LogP contribution in [-0.2, 0) is 6.61 Å². The van der Waals surface area contributed by atoms with Gasteiger partial charge in [-0.25, -0.2) is 13.2 Å². The highest BCUT2D eigenvalue weighted by molar-refractivity contribution is 5.63. The molecule has 1 saturated carbocycles. The molecule has 3 aromatic rings. The van der Waals surface area contributed by atoms with E-state index in [0.29, 0.717) is 29.9 Å². The molecule has 1 aliphatic carbocycles. The fourth-order valence-corrected chi connectivity index (χ4v) is 4.81. The van der Waals surface area contributed by atoms with Crippen molar-refractivity contribution in [3.63, 3.8) is 0 Å². The monoisotopic (exact) mass is 540 g/mol. The van der Waals surface area contributed by atoms with Gasteiger partial charge in [-0.1, -0.05) is 44.0 Å². The van der Waals surface area contributed by atoms with Gasteiger partial charge in [0.15, 0.2) is 29.0 Å². The average molecular weight is 541 g/mol. The molecule has 0 spiro atoms. The van der Waals surface area contributed by atoms with Gasteiger partial charge >= 0.3 is 6.11 Å². The predicted molar refractivity (Wildman–Crippen MR) is 128 cm³/mol. The van der Waals surface area contributed by atoms with Crippen molar-refractivity contribution in [2.45, 2.75) is 58.2 Å². The molecular formula is C29H27F7O2. The summed E-state index contributed by atoms with van der Waals surface area (Å²) >= 11 is 0. The van der Waals surface area contributed by atoms with E-state index in [1.54, 1.807) is 0 Å². The third-order valence-electron chi connectivity index (χ3n) is 6.94. The van der Waals surface area contributed by atoms with Crippen molar-refractivity contribution in [3.8, 4) is 22.6 Å². The highest BCUT2D eigenvalue weighted by Gasteiger charge is 2.44. The molecular weight excluding hydrogens is 513 g/mol. The molecule has 0 N–H and O–H groups in total. The molecule has 0 aromatic heterocycles. The van der Waals surface area contributed by atoms with Gasteiger partial charge in [-0.05, 0) is 72.6 Å². The summed E-state index contributed by atoms with van der Waals surface area (Å²) in [6.45, 7) is 1.84. The molecule has 2 nitrogen and oxygen atoms in total. The van der Waals surface area contributed by atoms with E-state index < -0.39 is 52.6 Å². The maximum atomic E-state index is 14.7. The van der Waals surface area contributed by atoms with Crippen LogP contribution in [0.1, 0.15) is 51.0 Å². The topological polar surface area (TPSA) is 18.5 Å². The smallest absolute Gasteiger partial charge is 0.400 e. The Hall–Kier alpha value is -3.23. The largest absolute Gasteiger partial charge is 0.486 e. The summed E-state index contributed by atoms with van der Waals surface area (Å²) in [5.41, 5.74) is 1.01. The van der Waals surface area contributed by atoms with E-state index in [-0.39, 0.29) is 25.0 Å². The highest BCUT2D eigenvalue weighted by atomic mass is 19.3. The number of ether oxygens (including phenoxy) is 2. The van der Waals surface area contributed by atoms with Crippen molar-refractivity contribution in [2.24, 2.45) is 11.8 Å². The molecule has 9 heteroatoms. The number of hydrogen-bond donors (Lipinski definition) is 0. The van der Waals surface area contributed by atoms with Gasteiger partial charge in [-0.2, -0.15) is 17.6 Å². The summed E-state index contributed by atoms with van der Waals surface area (Å²) in [5.74, 6) is -9.30. The summed E-state index contributed by atoms with van der Waals surface area (Å²) in [5, 5.41) is 0. The van der Waals surface area contributed by atoms with E-state index in [2.05, 4.69) is 4.74 Å². The van der Waals surface area contributed by atoms with Crippen LogP contribution in [0.5, 0.6) is 11.5 Å². The fraction of sp³-hybridized carbons (Fsp3) is 0.379. The number of halogens is 7. The van der Waals surface area contributed by atoms with Gasteiger partial charge in [0, 0.05) is 0 Å². The van der Waals surface area contributed by atoms with E-state index in [0.717, 1.165) is 37.1 Å². The highest BCUT2D eigenvalue weighted by Crippen LogP contribution is 2.42. The van der Waals surface area contributed by atoms with Gasteiger partial charge in [0.1, 0.15) is 6.61 Å². The van der Waals surface area contributed by atoms with Crippen LogP contribution in [0.25, 0.3) is 11.1 Å². The molecule has 0 unspecified atom stereocenters. The maximum Gasteiger partial charge on any atom is 0.400 e. The second kappa shape index (κ2) is 11.7. The van der Waals surface area contributed by atoms with Gasteiger partial charge in [-0.3, -0.25) is 0 Å². The molecule has 0 aliphatic heterocycles. The number of benzene rings is 3.